The molecule has 77 valence electrons. The Kier molecular flexibility index (Phi) is 3.38. The van der Waals surface area contributed by atoms with E-state index in [0.29, 0.717) is 5.56 Å². The predicted octanol–water partition coefficient (Wildman–Crippen LogP) is 3.23. The van der Waals surface area contributed by atoms with Crippen LogP contribution in [0.4, 0.5) is 13.2 Å². The Bertz CT molecular complexity index is 325. The highest BCUT2D eigenvalue weighted by Crippen LogP contribution is 2.31. The van der Waals surface area contributed by atoms with Crippen LogP contribution in [0.3, 0.4) is 0 Å². The van der Waals surface area contributed by atoms with Crippen LogP contribution in [0.1, 0.15) is 5.56 Å². The van der Waals surface area contributed by atoms with E-state index in [-0.39, 0.29) is 10.2 Å². The van der Waals surface area contributed by atoms with E-state index < -0.39 is 6.36 Å². The quantitative estimate of drug-likeness (QED) is 0.893. The van der Waals surface area contributed by atoms with Crippen molar-refractivity contribution in [3.8, 4) is 5.75 Å². The Morgan fingerprint density at radius 2 is 2.00 bits per heavy atom. The maximum absolute atomic E-state index is 11.8. The molecule has 1 aromatic rings. The SMILES string of the molecule is O[CH]c1ccc(OC(F)(F)F)c(Br)c1. The number of alkyl halides is 3. The van der Waals surface area contributed by atoms with Gasteiger partial charge in [0.25, 0.3) is 0 Å². The van der Waals surface area contributed by atoms with Crippen LogP contribution >= 0.6 is 15.9 Å². The number of ether oxygens (including phenoxy) is 1. The lowest BCUT2D eigenvalue weighted by Crippen LogP contribution is -2.17. The molecule has 6 heteroatoms. The number of rotatable bonds is 2. The van der Waals surface area contributed by atoms with Crippen LogP contribution < -0.4 is 4.74 Å². The second-order valence-corrected chi connectivity index (χ2v) is 3.22. The molecule has 0 spiro atoms. The fraction of sp³-hybridized carbons (Fsp3) is 0.125. The number of aliphatic hydroxyl groups excluding tert-OH is 1. The van der Waals surface area contributed by atoms with Gasteiger partial charge < -0.3 is 9.84 Å². The molecule has 0 saturated heterocycles. The third-order valence-electron chi connectivity index (χ3n) is 1.33. The van der Waals surface area contributed by atoms with Crippen LogP contribution in [0.25, 0.3) is 0 Å². The summed E-state index contributed by atoms with van der Waals surface area (Å²) in [5, 5.41) is 8.58. The lowest BCUT2D eigenvalue weighted by molar-refractivity contribution is -0.274. The molecular formula is C8H5BrF3O2. The zero-order valence-electron chi connectivity index (χ0n) is 6.68. The molecule has 1 aromatic carbocycles. The second-order valence-electron chi connectivity index (χ2n) is 2.37. The van der Waals surface area contributed by atoms with Crippen molar-refractivity contribution in [2.75, 3.05) is 0 Å². The molecule has 0 amide bonds. The lowest BCUT2D eigenvalue weighted by atomic mass is 10.2. The molecule has 1 rings (SSSR count). The molecular weight excluding hydrogens is 265 g/mol. The predicted molar refractivity (Wildman–Crippen MR) is 46.2 cm³/mol. The Labute approximate surface area is 86.4 Å². The van der Waals surface area contributed by atoms with Gasteiger partial charge in [-0.05, 0) is 33.6 Å². The van der Waals surface area contributed by atoms with Gasteiger partial charge in [-0.3, -0.25) is 0 Å². The highest BCUT2D eigenvalue weighted by atomic mass is 79.9. The maximum atomic E-state index is 11.8. The molecule has 0 unspecified atom stereocenters. The van der Waals surface area contributed by atoms with Crippen LogP contribution in [0, 0.1) is 6.61 Å². The standard InChI is InChI=1S/C8H5BrF3O2/c9-6-3-5(4-13)1-2-7(6)14-8(10,11)12/h1-4,13H. The molecule has 0 heterocycles. The first-order valence-electron chi connectivity index (χ1n) is 3.45. The largest absolute Gasteiger partial charge is 0.573 e. The van der Waals surface area contributed by atoms with Crippen LogP contribution in [0.15, 0.2) is 22.7 Å². The fourth-order valence-corrected chi connectivity index (χ4v) is 1.28. The molecule has 0 aliphatic heterocycles. The average molecular weight is 270 g/mol. The first-order chi connectivity index (χ1) is 6.42. The van der Waals surface area contributed by atoms with Crippen LogP contribution in [0.2, 0.25) is 0 Å². The number of hydrogen-bond acceptors (Lipinski definition) is 2. The van der Waals surface area contributed by atoms with Gasteiger partial charge in [0.05, 0.1) is 4.47 Å². The van der Waals surface area contributed by atoms with E-state index in [1.165, 1.54) is 12.1 Å². The molecule has 0 saturated carbocycles. The van der Waals surface area contributed by atoms with Gasteiger partial charge >= 0.3 is 6.36 Å². The average Bonchev–Trinajstić information content (AvgIpc) is 2.06. The van der Waals surface area contributed by atoms with Gasteiger partial charge in [0.1, 0.15) is 12.4 Å². The third-order valence-corrected chi connectivity index (χ3v) is 1.95. The summed E-state index contributed by atoms with van der Waals surface area (Å²) < 4.78 is 39.2. The van der Waals surface area contributed by atoms with Crippen molar-refractivity contribution in [3.05, 3.63) is 34.8 Å². The minimum Gasteiger partial charge on any atom is -0.405 e. The van der Waals surface area contributed by atoms with E-state index in [0.717, 1.165) is 12.7 Å². The highest BCUT2D eigenvalue weighted by molar-refractivity contribution is 9.10. The number of halogens is 4. The molecule has 0 aliphatic rings. The number of benzene rings is 1. The zero-order chi connectivity index (χ0) is 10.8. The maximum Gasteiger partial charge on any atom is 0.573 e. The van der Waals surface area contributed by atoms with E-state index in [4.69, 9.17) is 5.11 Å². The summed E-state index contributed by atoms with van der Waals surface area (Å²) in [6.45, 7) is 0.780. The van der Waals surface area contributed by atoms with Crippen molar-refractivity contribution in [3.63, 3.8) is 0 Å². The van der Waals surface area contributed by atoms with Gasteiger partial charge in [-0.15, -0.1) is 13.2 Å². The summed E-state index contributed by atoms with van der Waals surface area (Å²) >= 11 is 2.88. The summed E-state index contributed by atoms with van der Waals surface area (Å²) in [4.78, 5) is 0. The van der Waals surface area contributed by atoms with Crippen LogP contribution in [0.5, 0.6) is 5.75 Å². The van der Waals surface area contributed by atoms with Crippen molar-refractivity contribution in [1.82, 2.24) is 0 Å². The van der Waals surface area contributed by atoms with Gasteiger partial charge in [0.15, 0.2) is 0 Å². The monoisotopic (exact) mass is 269 g/mol. The Balaban J connectivity index is 2.89. The number of aliphatic hydroxyl groups is 1. The van der Waals surface area contributed by atoms with Crippen molar-refractivity contribution in [2.24, 2.45) is 0 Å². The minimum absolute atomic E-state index is 0.123. The third kappa shape index (κ3) is 3.19. The summed E-state index contributed by atoms with van der Waals surface area (Å²) in [5.41, 5.74) is 0.381. The molecule has 0 aliphatic carbocycles. The molecule has 14 heavy (non-hydrogen) atoms. The normalized spacial score (nSPS) is 11.5. The van der Waals surface area contributed by atoms with Gasteiger partial charge in [0, 0.05) is 0 Å². The zero-order valence-corrected chi connectivity index (χ0v) is 8.26. The van der Waals surface area contributed by atoms with Crippen molar-refractivity contribution >= 4 is 15.9 Å². The smallest absolute Gasteiger partial charge is 0.405 e. The van der Waals surface area contributed by atoms with Gasteiger partial charge in [-0.25, -0.2) is 0 Å². The van der Waals surface area contributed by atoms with Crippen molar-refractivity contribution < 1.29 is 23.0 Å². The Hall–Kier alpha value is -0.750. The van der Waals surface area contributed by atoms with Gasteiger partial charge in [0.2, 0.25) is 0 Å². The fourth-order valence-electron chi connectivity index (χ4n) is 0.805. The minimum atomic E-state index is -4.72. The van der Waals surface area contributed by atoms with Gasteiger partial charge in [-0.2, -0.15) is 0 Å². The topological polar surface area (TPSA) is 29.5 Å². The van der Waals surface area contributed by atoms with E-state index in [1.54, 1.807) is 0 Å². The lowest BCUT2D eigenvalue weighted by Gasteiger charge is -2.10. The second kappa shape index (κ2) is 4.18. The van der Waals surface area contributed by atoms with Crippen LogP contribution in [-0.4, -0.2) is 11.5 Å². The summed E-state index contributed by atoms with van der Waals surface area (Å²) in [5.74, 6) is -0.344. The molecule has 2 nitrogen and oxygen atoms in total. The molecule has 0 atom stereocenters. The molecule has 0 fully saturated rings. The molecule has 1 N–H and O–H groups in total. The van der Waals surface area contributed by atoms with Crippen molar-refractivity contribution in [1.29, 1.82) is 0 Å². The Morgan fingerprint density at radius 3 is 2.43 bits per heavy atom. The highest BCUT2D eigenvalue weighted by Gasteiger charge is 2.31. The van der Waals surface area contributed by atoms with E-state index in [9.17, 15) is 13.2 Å². The molecule has 1 radical (unpaired) electrons. The van der Waals surface area contributed by atoms with Crippen LogP contribution in [-0.2, 0) is 0 Å². The summed E-state index contributed by atoms with van der Waals surface area (Å²) in [6.07, 6.45) is -4.72. The van der Waals surface area contributed by atoms with Gasteiger partial charge in [-0.1, -0.05) is 6.07 Å². The van der Waals surface area contributed by atoms with E-state index >= 15 is 0 Å². The number of hydrogen-bond donors (Lipinski definition) is 1. The summed E-state index contributed by atoms with van der Waals surface area (Å²) in [7, 11) is 0. The molecule has 0 aromatic heterocycles. The van der Waals surface area contributed by atoms with E-state index in [2.05, 4.69) is 20.7 Å². The first-order valence-corrected chi connectivity index (χ1v) is 4.24. The first kappa shape index (κ1) is 11.3. The van der Waals surface area contributed by atoms with E-state index in [1.807, 2.05) is 0 Å². The summed E-state index contributed by atoms with van der Waals surface area (Å²) in [6, 6.07) is 3.71. The Morgan fingerprint density at radius 1 is 1.36 bits per heavy atom. The van der Waals surface area contributed by atoms with Crippen molar-refractivity contribution in [2.45, 2.75) is 6.36 Å². The molecule has 0 bridgehead atoms.